The summed E-state index contributed by atoms with van der Waals surface area (Å²) in [6.45, 7) is 3.28. The number of amides is 1. The number of hydrogen-bond acceptors (Lipinski definition) is 2. The number of carbonyl (C=O) groups is 1. The smallest absolute Gasteiger partial charge is 0.325 e. The number of piperidine rings is 3. The maximum Gasteiger partial charge on any atom is 0.325 e. The monoisotopic (exact) mass is 313 g/mol. The van der Waals surface area contributed by atoms with Crippen LogP contribution in [-0.4, -0.2) is 41.2 Å². The summed E-state index contributed by atoms with van der Waals surface area (Å²) in [5.74, 6) is 0.351. The molecule has 4 nitrogen and oxygen atoms in total. The first-order valence-corrected chi connectivity index (χ1v) is 8.16. The topological polar surface area (TPSA) is 37.3 Å². The van der Waals surface area contributed by atoms with Crippen molar-refractivity contribution in [1.82, 2.24) is 14.8 Å². The van der Waals surface area contributed by atoms with Crippen LogP contribution >= 0.6 is 0 Å². The number of nitrogens with one attached hydrogen (secondary N) is 1. The summed E-state index contributed by atoms with van der Waals surface area (Å²) in [6, 6.07) is 8.35. The molecule has 1 atom stereocenters. The average Bonchev–Trinajstić information content (AvgIpc) is 3.07. The Morgan fingerprint density at radius 3 is 2.48 bits per heavy atom. The number of nitrogens with zero attached hydrogens (tertiary/aromatic N) is 2. The molecule has 3 fully saturated rings. The molecule has 2 aromatic rings. The second kappa shape index (κ2) is 5.81. The minimum Gasteiger partial charge on any atom is -0.333 e. The van der Waals surface area contributed by atoms with Crippen LogP contribution in [0.4, 0.5) is 9.18 Å². The highest BCUT2D eigenvalue weighted by atomic mass is 19.1. The largest absolute Gasteiger partial charge is 0.333 e. The van der Waals surface area contributed by atoms with Crippen LogP contribution in [-0.2, 0) is 0 Å². The van der Waals surface area contributed by atoms with Crippen molar-refractivity contribution in [3.63, 3.8) is 0 Å². The van der Waals surface area contributed by atoms with Gasteiger partial charge in [0.1, 0.15) is 5.82 Å². The molecule has 4 heterocycles. The van der Waals surface area contributed by atoms with E-state index < -0.39 is 0 Å². The van der Waals surface area contributed by atoms with E-state index in [1.165, 1.54) is 25.0 Å². The second-order valence-corrected chi connectivity index (χ2v) is 6.51. The van der Waals surface area contributed by atoms with Crippen LogP contribution in [0.3, 0.4) is 0 Å². The Hall–Kier alpha value is -2.14. The fourth-order valence-corrected chi connectivity index (χ4v) is 3.70. The molecule has 0 unspecified atom stereocenters. The Morgan fingerprint density at radius 1 is 1.09 bits per heavy atom. The van der Waals surface area contributed by atoms with Crippen LogP contribution in [0.15, 0.2) is 42.7 Å². The number of aromatic nitrogens is 1. The number of rotatable bonds is 2. The number of fused-ring (bicyclic) bond motifs is 3. The Kier molecular flexibility index (Phi) is 3.65. The molecule has 5 rings (SSSR count). The third-order valence-corrected chi connectivity index (χ3v) is 5.07. The van der Waals surface area contributed by atoms with Crippen molar-refractivity contribution in [2.24, 2.45) is 5.92 Å². The molecule has 2 bridgehead atoms. The van der Waals surface area contributed by atoms with E-state index in [0.717, 1.165) is 30.8 Å². The number of benzene rings is 1. The molecule has 1 aromatic carbocycles. The molecular formula is C18H20FN3O. The van der Waals surface area contributed by atoms with Crippen molar-refractivity contribution in [1.29, 1.82) is 0 Å². The quantitative estimate of drug-likeness (QED) is 0.925. The molecule has 3 aliphatic heterocycles. The molecule has 1 amide bonds. The fraction of sp³-hybridized carbons (Fsp3) is 0.389. The van der Waals surface area contributed by atoms with Gasteiger partial charge >= 0.3 is 6.03 Å². The third-order valence-electron chi connectivity index (χ3n) is 5.07. The first-order valence-electron chi connectivity index (χ1n) is 8.16. The van der Waals surface area contributed by atoms with Crippen LogP contribution in [0.25, 0.3) is 11.1 Å². The molecule has 5 heteroatoms. The predicted octanol–water partition coefficient (Wildman–Crippen LogP) is 2.95. The lowest BCUT2D eigenvalue weighted by Gasteiger charge is -2.44. The minimum absolute atomic E-state index is 0.0860. The minimum atomic E-state index is -0.256. The number of hydrogen-bond donors (Lipinski definition) is 1. The van der Waals surface area contributed by atoms with E-state index >= 15 is 0 Å². The van der Waals surface area contributed by atoms with Crippen molar-refractivity contribution in [2.75, 3.05) is 19.6 Å². The molecule has 1 aromatic heterocycles. The molecule has 3 aliphatic rings. The molecule has 1 N–H and O–H groups in total. The van der Waals surface area contributed by atoms with Gasteiger partial charge in [0, 0.05) is 25.0 Å². The summed E-state index contributed by atoms with van der Waals surface area (Å²) < 4.78 is 14.6. The Morgan fingerprint density at radius 2 is 1.83 bits per heavy atom. The standard InChI is InChI=1S/C18H20FN3O/c19-16-3-1-13(2-4-16)15-7-10-22(11-15)18(23)20-17-12-21-8-5-14(17)6-9-21/h1-4,7,10-11,14,17H,5-6,8-9,12H2,(H,20,23)/t17-/m0/s1. The summed E-state index contributed by atoms with van der Waals surface area (Å²) in [6.07, 6.45) is 5.91. The zero-order valence-corrected chi connectivity index (χ0v) is 12.9. The average molecular weight is 313 g/mol. The van der Waals surface area contributed by atoms with E-state index in [1.54, 1.807) is 29.1 Å². The van der Waals surface area contributed by atoms with E-state index in [-0.39, 0.29) is 17.9 Å². The van der Waals surface area contributed by atoms with Crippen molar-refractivity contribution in [3.8, 4) is 11.1 Å². The molecule has 3 saturated heterocycles. The Bertz CT molecular complexity index is 701. The van der Waals surface area contributed by atoms with E-state index in [1.807, 2.05) is 6.07 Å². The molecule has 0 saturated carbocycles. The molecule has 0 spiro atoms. The lowest BCUT2D eigenvalue weighted by atomic mass is 9.84. The van der Waals surface area contributed by atoms with Gasteiger partial charge in [-0.15, -0.1) is 0 Å². The zero-order valence-electron chi connectivity index (χ0n) is 12.9. The van der Waals surface area contributed by atoms with E-state index in [0.29, 0.717) is 5.92 Å². The van der Waals surface area contributed by atoms with Gasteiger partial charge in [0.05, 0.1) is 0 Å². The SMILES string of the molecule is O=C(N[C@H]1CN2CCC1CC2)n1ccc(-c2ccc(F)cc2)c1. The first kappa shape index (κ1) is 14.5. The summed E-state index contributed by atoms with van der Waals surface area (Å²) in [7, 11) is 0. The molecule has 120 valence electrons. The molecule has 0 radical (unpaired) electrons. The van der Waals surface area contributed by atoms with Gasteiger partial charge in [-0.25, -0.2) is 9.18 Å². The van der Waals surface area contributed by atoms with Crippen molar-refractivity contribution in [2.45, 2.75) is 18.9 Å². The predicted molar refractivity (Wildman–Crippen MR) is 86.7 cm³/mol. The van der Waals surface area contributed by atoms with Crippen LogP contribution in [0.5, 0.6) is 0 Å². The second-order valence-electron chi connectivity index (χ2n) is 6.51. The van der Waals surface area contributed by atoms with Gasteiger partial charge in [-0.05, 0) is 61.2 Å². The lowest BCUT2D eigenvalue weighted by molar-refractivity contribution is 0.0767. The van der Waals surface area contributed by atoms with Gasteiger partial charge in [0.25, 0.3) is 0 Å². The van der Waals surface area contributed by atoms with Gasteiger partial charge in [0.15, 0.2) is 0 Å². The van der Waals surface area contributed by atoms with Crippen molar-refractivity contribution < 1.29 is 9.18 Å². The van der Waals surface area contributed by atoms with Gasteiger partial charge in [-0.1, -0.05) is 12.1 Å². The fourth-order valence-electron chi connectivity index (χ4n) is 3.70. The van der Waals surface area contributed by atoms with E-state index in [2.05, 4.69) is 10.2 Å². The number of halogens is 1. The highest BCUT2D eigenvalue weighted by molar-refractivity contribution is 5.79. The van der Waals surface area contributed by atoms with Gasteiger partial charge in [0.2, 0.25) is 0 Å². The summed E-state index contributed by atoms with van der Waals surface area (Å²) in [5, 5.41) is 3.16. The van der Waals surface area contributed by atoms with Crippen molar-refractivity contribution in [3.05, 3.63) is 48.5 Å². The van der Waals surface area contributed by atoms with Crippen LogP contribution in [0.1, 0.15) is 12.8 Å². The normalized spacial score (nSPS) is 26.2. The van der Waals surface area contributed by atoms with Crippen molar-refractivity contribution >= 4 is 6.03 Å². The zero-order chi connectivity index (χ0) is 15.8. The van der Waals surface area contributed by atoms with E-state index in [4.69, 9.17) is 0 Å². The van der Waals surface area contributed by atoms with Gasteiger partial charge in [-0.2, -0.15) is 0 Å². The van der Waals surface area contributed by atoms with E-state index in [9.17, 15) is 9.18 Å². The maximum atomic E-state index is 13.0. The Balaban J connectivity index is 1.46. The van der Waals surface area contributed by atoms with Gasteiger partial charge < -0.3 is 10.2 Å². The van der Waals surface area contributed by atoms with Crippen LogP contribution in [0.2, 0.25) is 0 Å². The molecule has 23 heavy (non-hydrogen) atoms. The van der Waals surface area contributed by atoms with Crippen LogP contribution in [0, 0.1) is 11.7 Å². The maximum absolute atomic E-state index is 13.0. The third kappa shape index (κ3) is 2.88. The highest BCUT2D eigenvalue weighted by Gasteiger charge is 2.34. The summed E-state index contributed by atoms with van der Waals surface area (Å²) in [5.41, 5.74) is 1.81. The lowest BCUT2D eigenvalue weighted by Crippen LogP contribution is -2.57. The Labute approximate surface area is 134 Å². The summed E-state index contributed by atoms with van der Waals surface area (Å²) >= 11 is 0. The van der Waals surface area contributed by atoms with Crippen LogP contribution < -0.4 is 5.32 Å². The highest BCUT2D eigenvalue weighted by Crippen LogP contribution is 2.27. The van der Waals surface area contributed by atoms with Gasteiger partial charge in [-0.3, -0.25) is 4.57 Å². The molecular weight excluding hydrogens is 293 g/mol. The summed E-state index contributed by atoms with van der Waals surface area (Å²) in [4.78, 5) is 14.9. The first-order chi connectivity index (χ1) is 11.2. The molecule has 0 aliphatic carbocycles. The number of carbonyl (C=O) groups excluding carboxylic acids is 1.